The standard InChI is InChI=1S/C17H25N3O5S/c1-7-12-11(8(2)21)16(23)20(12)13(17(24)25)14(7)26-9-5-10(18-6-9)15(22)19(3)4/h7-12,18,21H,5-6H2,1-4H3,(H,24,25)/t7-,8?,9-,10-,11+,12+/m0/s1. The van der Waals surface area contributed by atoms with Crippen LogP contribution in [0.15, 0.2) is 10.6 Å². The quantitative estimate of drug-likeness (QED) is 0.559. The van der Waals surface area contributed by atoms with Crippen LogP contribution in [0.25, 0.3) is 0 Å². The normalized spacial score (nSPS) is 34.6. The van der Waals surface area contributed by atoms with Gasteiger partial charge in [-0.2, -0.15) is 0 Å². The van der Waals surface area contributed by atoms with Gasteiger partial charge in [0.1, 0.15) is 5.70 Å². The average Bonchev–Trinajstić information content (AvgIpc) is 3.09. The number of amides is 2. The Labute approximate surface area is 156 Å². The molecule has 1 unspecified atom stereocenters. The molecule has 26 heavy (non-hydrogen) atoms. The second-order valence-corrected chi connectivity index (χ2v) is 8.78. The predicted molar refractivity (Wildman–Crippen MR) is 96.1 cm³/mol. The van der Waals surface area contributed by atoms with Gasteiger partial charge in [0.25, 0.3) is 0 Å². The van der Waals surface area contributed by atoms with Gasteiger partial charge in [-0.3, -0.25) is 9.59 Å². The molecular weight excluding hydrogens is 358 g/mol. The molecule has 8 nitrogen and oxygen atoms in total. The zero-order valence-electron chi connectivity index (χ0n) is 15.3. The number of rotatable bonds is 5. The second kappa shape index (κ2) is 6.86. The predicted octanol–water partition coefficient (Wildman–Crippen LogP) is -0.308. The highest BCUT2D eigenvalue weighted by molar-refractivity contribution is 8.03. The Hall–Kier alpha value is -1.58. The summed E-state index contributed by atoms with van der Waals surface area (Å²) < 4.78 is 0. The molecule has 2 amide bonds. The Morgan fingerprint density at radius 1 is 1.38 bits per heavy atom. The molecule has 3 heterocycles. The van der Waals surface area contributed by atoms with Crippen molar-refractivity contribution in [1.29, 1.82) is 0 Å². The van der Waals surface area contributed by atoms with Gasteiger partial charge in [-0.15, -0.1) is 11.8 Å². The lowest BCUT2D eigenvalue weighted by Crippen LogP contribution is -2.63. The van der Waals surface area contributed by atoms with E-state index in [2.05, 4.69) is 5.32 Å². The highest BCUT2D eigenvalue weighted by atomic mass is 32.2. The Balaban J connectivity index is 1.78. The molecule has 0 aromatic carbocycles. The monoisotopic (exact) mass is 383 g/mol. The Bertz CT molecular complexity index is 677. The molecule has 3 aliphatic heterocycles. The summed E-state index contributed by atoms with van der Waals surface area (Å²) in [6.45, 7) is 4.08. The summed E-state index contributed by atoms with van der Waals surface area (Å²) in [4.78, 5) is 39.8. The smallest absolute Gasteiger partial charge is 0.353 e. The van der Waals surface area contributed by atoms with E-state index in [1.807, 2.05) is 6.92 Å². The van der Waals surface area contributed by atoms with Crippen molar-refractivity contribution in [3.8, 4) is 0 Å². The summed E-state index contributed by atoms with van der Waals surface area (Å²) in [5.41, 5.74) is 0.0387. The van der Waals surface area contributed by atoms with Crippen molar-refractivity contribution < 1.29 is 24.6 Å². The lowest BCUT2D eigenvalue weighted by atomic mass is 9.79. The highest BCUT2D eigenvalue weighted by Crippen LogP contribution is 2.51. The van der Waals surface area contributed by atoms with Gasteiger partial charge < -0.3 is 25.3 Å². The van der Waals surface area contributed by atoms with Gasteiger partial charge in [-0.05, 0) is 13.3 Å². The third-order valence-corrected chi connectivity index (χ3v) is 6.95. The molecule has 3 N–H and O–H groups in total. The number of thioether (sulfide) groups is 1. The van der Waals surface area contributed by atoms with E-state index in [-0.39, 0.29) is 40.8 Å². The van der Waals surface area contributed by atoms with E-state index in [0.29, 0.717) is 17.9 Å². The molecule has 144 valence electrons. The molecule has 9 heteroatoms. The summed E-state index contributed by atoms with van der Waals surface area (Å²) in [7, 11) is 3.42. The number of aliphatic carboxylic acids is 1. The summed E-state index contributed by atoms with van der Waals surface area (Å²) >= 11 is 1.45. The Kier molecular flexibility index (Phi) is 5.06. The number of carboxylic acids is 1. The van der Waals surface area contributed by atoms with Crippen molar-refractivity contribution in [2.45, 2.75) is 43.7 Å². The zero-order chi connectivity index (χ0) is 19.3. The van der Waals surface area contributed by atoms with E-state index >= 15 is 0 Å². The molecule has 0 saturated carbocycles. The summed E-state index contributed by atoms with van der Waals surface area (Å²) in [5.74, 6) is -2.14. The largest absolute Gasteiger partial charge is 0.477 e. The maximum Gasteiger partial charge on any atom is 0.353 e. The fourth-order valence-electron chi connectivity index (χ4n) is 4.15. The molecule has 0 spiro atoms. The zero-order valence-corrected chi connectivity index (χ0v) is 16.1. The van der Waals surface area contributed by atoms with Crippen LogP contribution in [0.4, 0.5) is 0 Å². The highest BCUT2D eigenvalue weighted by Gasteiger charge is 2.60. The van der Waals surface area contributed by atoms with Crippen LogP contribution in [0, 0.1) is 11.8 Å². The molecule has 0 bridgehead atoms. The molecule has 3 aliphatic rings. The van der Waals surface area contributed by atoms with Crippen LogP contribution in [-0.2, 0) is 14.4 Å². The molecule has 0 aromatic heterocycles. The van der Waals surface area contributed by atoms with Crippen molar-refractivity contribution in [1.82, 2.24) is 15.1 Å². The molecule has 2 fully saturated rings. The van der Waals surface area contributed by atoms with E-state index in [9.17, 15) is 24.6 Å². The van der Waals surface area contributed by atoms with Gasteiger partial charge in [0.15, 0.2) is 0 Å². The van der Waals surface area contributed by atoms with Gasteiger partial charge in [-0.1, -0.05) is 6.92 Å². The van der Waals surface area contributed by atoms with Gasteiger partial charge >= 0.3 is 5.97 Å². The summed E-state index contributed by atoms with van der Waals surface area (Å²) in [6, 6.07) is -0.568. The number of carboxylic acid groups (broad SMARTS) is 1. The van der Waals surface area contributed by atoms with Crippen LogP contribution < -0.4 is 5.32 Å². The van der Waals surface area contributed by atoms with E-state index in [1.165, 1.54) is 16.7 Å². The number of β-lactam (4-membered cyclic amide) rings is 1. The number of nitrogens with zero attached hydrogens (tertiary/aromatic N) is 2. The van der Waals surface area contributed by atoms with Gasteiger partial charge in [0, 0.05) is 36.7 Å². The molecule has 6 atom stereocenters. The van der Waals surface area contributed by atoms with Crippen LogP contribution in [0.3, 0.4) is 0 Å². The number of carbonyl (C=O) groups is 3. The first-order valence-electron chi connectivity index (χ1n) is 8.75. The number of nitrogens with one attached hydrogen (secondary N) is 1. The van der Waals surface area contributed by atoms with Crippen molar-refractivity contribution in [3.05, 3.63) is 10.6 Å². The lowest BCUT2D eigenvalue weighted by molar-refractivity contribution is -0.163. The number of fused-ring (bicyclic) bond motifs is 1. The SMILES string of the molecule is CC(O)[C@H]1C(=O)N2C(C(=O)O)=C(S[C@@H]3CN[C@H](C(=O)N(C)C)C3)[C@@H](C)[C@H]12. The first-order chi connectivity index (χ1) is 12.1. The number of aliphatic hydroxyl groups excluding tert-OH is 1. The van der Waals surface area contributed by atoms with E-state index in [1.54, 1.807) is 25.9 Å². The molecule has 0 aromatic rings. The van der Waals surface area contributed by atoms with Crippen LogP contribution in [0.1, 0.15) is 20.3 Å². The maximum absolute atomic E-state index is 12.3. The second-order valence-electron chi connectivity index (χ2n) is 7.44. The fourth-order valence-corrected chi connectivity index (χ4v) is 5.63. The minimum absolute atomic E-state index is 0.00757. The van der Waals surface area contributed by atoms with Crippen LogP contribution in [0.2, 0.25) is 0 Å². The summed E-state index contributed by atoms with van der Waals surface area (Å²) in [6.07, 6.45) is -0.190. The number of hydrogen-bond acceptors (Lipinski definition) is 6. The third-order valence-electron chi connectivity index (χ3n) is 5.43. The van der Waals surface area contributed by atoms with Gasteiger partial charge in [0.05, 0.1) is 24.1 Å². The summed E-state index contributed by atoms with van der Waals surface area (Å²) in [5, 5.41) is 22.8. The maximum atomic E-state index is 12.3. The van der Waals surface area contributed by atoms with Crippen molar-refractivity contribution in [2.75, 3.05) is 20.6 Å². The number of aliphatic hydroxyl groups is 1. The first kappa shape index (κ1) is 19.2. The van der Waals surface area contributed by atoms with E-state index < -0.39 is 18.0 Å². The third kappa shape index (κ3) is 2.91. The topological polar surface area (TPSA) is 110 Å². The minimum atomic E-state index is -1.12. The molecule has 3 rings (SSSR count). The molecule has 0 radical (unpaired) electrons. The van der Waals surface area contributed by atoms with Crippen LogP contribution >= 0.6 is 11.8 Å². The number of carbonyl (C=O) groups excluding carboxylic acids is 2. The van der Waals surface area contributed by atoms with E-state index in [0.717, 1.165) is 0 Å². The fraction of sp³-hybridized carbons (Fsp3) is 0.706. The average molecular weight is 383 g/mol. The van der Waals surface area contributed by atoms with Crippen molar-refractivity contribution in [2.24, 2.45) is 11.8 Å². The number of hydrogen-bond donors (Lipinski definition) is 3. The van der Waals surface area contributed by atoms with E-state index in [4.69, 9.17) is 0 Å². The van der Waals surface area contributed by atoms with Crippen LogP contribution in [0.5, 0.6) is 0 Å². The van der Waals surface area contributed by atoms with Crippen LogP contribution in [-0.4, -0.2) is 81.9 Å². The van der Waals surface area contributed by atoms with Gasteiger partial charge in [0.2, 0.25) is 11.8 Å². The Morgan fingerprint density at radius 2 is 2.04 bits per heavy atom. The first-order valence-corrected chi connectivity index (χ1v) is 9.62. The molecule has 0 aliphatic carbocycles. The number of likely N-dealkylation sites (N-methyl/N-ethyl adjacent to an activating group) is 1. The molecule has 2 saturated heterocycles. The van der Waals surface area contributed by atoms with Gasteiger partial charge in [-0.25, -0.2) is 4.79 Å². The van der Waals surface area contributed by atoms with Crippen molar-refractivity contribution >= 4 is 29.5 Å². The Morgan fingerprint density at radius 3 is 2.58 bits per heavy atom. The minimum Gasteiger partial charge on any atom is -0.477 e. The lowest BCUT2D eigenvalue weighted by Gasteiger charge is -2.46. The van der Waals surface area contributed by atoms with Crippen molar-refractivity contribution in [3.63, 3.8) is 0 Å². The molecular formula is C17H25N3O5S.